The van der Waals surface area contributed by atoms with E-state index < -0.39 is 5.41 Å². The summed E-state index contributed by atoms with van der Waals surface area (Å²) in [5.74, 6) is -0.383. The number of hydrogen-bond acceptors (Lipinski definition) is 2. The number of esters is 1. The molecule has 0 bridgehead atoms. The van der Waals surface area contributed by atoms with Gasteiger partial charge in [0.05, 0.1) is 12.0 Å². The zero-order valence-electron chi connectivity index (χ0n) is 8.50. The van der Waals surface area contributed by atoms with Crippen molar-refractivity contribution in [1.82, 2.24) is 0 Å². The number of ether oxygens (including phenoxy) is 1. The molecule has 84 valence electrons. The third-order valence-electron chi connectivity index (χ3n) is 3.60. The van der Waals surface area contributed by atoms with Crippen LogP contribution in [0.25, 0.3) is 0 Å². The highest BCUT2D eigenvalue weighted by atomic mass is 79.9. The molecule has 1 aromatic carbocycles. The Morgan fingerprint density at radius 3 is 2.94 bits per heavy atom. The largest absolute Gasteiger partial charge is 0.465 e. The molecule has 1 aliphatic carbocycles. The molecule has 0 amide bonds. The van der Waals surface area contributed by atoms with E-state index in [0.717, 1.165) is 17.3 Å². The lowest BCUT2D eigenvalue weighted by atomic mass is 9.97. The van der Waals surface area contributed by atoms with E-state index in [1.54, 1.807) is 6.07 Å². The lowest BCUT2D eigenvalue weighted by Crippen LogP contribution is -2.11. The van der Waals surface area contributed by atoms with Gasteiger partial charge in [0.25, 0.3) is 0 Å². The molecule has 2 atom stereocenters. The maximum absolute atomic E-state index is 13.7. The van der Waals surface area contributed by atoms with Crippen molar-refractivity contribution in [2.24, 2.45) is 5.41 Å². The van der Waals surface area contributed by atoms with Gasteiger partial charge in [-0.3, -0.25) is 4.79 Å². The Kier molecular flexibility index (Phi) is 2.11. The van der Waals surface area contributed by atoms with Crippen molar-refractivity contribution in [3.8, 4) is 0 Å². The van der Waals surface area contributed by atoms with Crippen LogP contribution in [-0.2, 0) is 9.53 Å². The number of carbonyl (C=O) groups excluding carboxylic acids is 1. The van der Waals surface area contributed by atoms with E-state index in [2.05, 4.69) is 15.9 Å². The summed E-state index contributed by atoms with van der Waals surface area (Å²) < 4.78 is 19.4. The second kappa shape index (κ2) is 3.29. The lowest BCUT2D eigenvalue weighted by molar-refractivity contribution is -0.142. The van der Waals surface area contributed by atoms with Crippen LogP contribution in [0, 0.1) is 11.2 Å². The van der Waals surface area contributed by atoms with E-state index in [-0.39, 0.29) is 17.7 Å². The van der Waals surface area contributed by atoms with Gasteiger partial charge in [0.2, 0.25) is 0 Å². The minimum atomic E-state index is -0.408. The Labute approximate surface area is 101 Å². The van der Waals surface area contributed by atoms with Crippen molar-refractivity contribution in [2.45, 2.75) is 18.8 Å². The molecule has 0 unspecified atom stereocenters. The zero-order valence-corrected chi connectivity index (χ0v) is 10.1. The Bertz CT molecular complexity index is 474. The molecule has 0 aromatic heterocycles. The Balaban J connectivity index is 1.93. The van der Waals surface area contributed by atoms with Gasteiger partial charge in [-0.1, -0.05) is 22.0 Å². The molecule has 1 aromatic rings. The first kappa shape index (κ1) is 10.3. The molecule has 1 heterocycles. The monoisotopic (exact) mass is 284 g/mol. The molecule has 2 fully saturated rings. The summed E-state index contributed by atoms with van der Waals surface area (Å²) in [5, 5.41) is 0. The summed E-state index contributed by atoms with van der Waals surface area (Å²) in [5.41, 5.74) is 0.233. The van der Waals surface area contributed by atoms with Crippen LogP contribution < -0.4 is 0 Å². The van der Waals surface area contributed by atoms with E-state index in [1.807, 2.05) is 6.07 Å². The van der Waals surface area contributed by atoms with E-state index in [9.17, 15) is 9.18 Å². The number of benzene rings is 1. The number of halogens is 2. The highest BCUT2D eigenvalue weighted by Gasteiger charge is 2.64. The predicted octanol–water partition coefficient (Wildman–Crippen LogP) is 3.01. The summed E-state index contributed by atoms with van der Waals surface area (Å²) in [6.45, 7) is 0.480. The van der Waals surface area contributed by atoms with Crippen LogP contribution in [0.15, 0.2) is 22.7 Å². The topological polar surface area (TPSA) is 26.3 Å². The molecule has 16 heavy (non-hydrogen) atoms. The van der Waals surface area contributed by atoms with Crippen LogP contribution in [-0.4, -0.2) is 12.6 Å². The average molecular weight is 285 g/mol. The van der Waals surface area contributed by atoms with Crippen molar-refractivity contribution >= 4 is 21.9 Å². The molecule has 2 nitrogen and oxygen atoms in total. The second-order valence-electron chi connectivity index (χ2n) is 4.46. The minimum Gasteiger partial charge on any atom is -0.465 e. The first-order valence-corrected chi connectivity index (χ1v) is 6.05. The Morgan fingerprint density at radius 1 is 1.50 bits per heavy atom. The van der Waals surface area contributed by atoms with Crippen LogP contribution in [0.4, 0.5) is 4.39 Å². The van der Waals surface area contributed by atoms with Crippen LogP contribution in [0.5, 0.6) is 0 Å². The van der Waals surface area contributed by atoms with Gasteiger partial charge in [-0.2, -0.15) is 0 Å². The fourth-order valence-corrected chi connectivity index (χ4v) is 2.90. The van der Waals surface area contributed by atoms with Crippen molar-refractivity contribution in [1.29, 1.82) is 0 Å². The van der Waals surface area contributed by atoms with E-state index in [4.69, 9.17) is 4.74 Å². The first-order chi connectivity index (χ1) is 7.63. The lowest BCUT2D eigenvalue weighted by Gasteiger charge is -2.06. The molecule has 4 heteroatoms. The van der Waals surface area contributed by atoms with Gasteiger partial charge >= 0.3 is 5.97 Å². The molecule has 1 saturated carbocycles. The number of cyclic esters (lactones) is 1. The summed E-state index contributed by atoms with van der Waals surface area (Å²) in [6.07, 6.45) is 1.45. The van der Waals surface area contributed by atoms with Gasteiger partial charge < -0.3 is 4.74 Å². The van der Waals surface area contributed by atoms with Crippen molar-refractivity contribution < 1.29 is 13.9 Å². The maximum Gasteiger partial charge on any atom is 0.312 e. The van der Waals surface area contributed by atoms with Crippen LogP contribution in [0.1, 0.15) is 24.3 Å². The molecule has 0 N–H and O–H groups in total. The summed E-state index contributed by atoms with van der Waals surface area (Å²) in [4.78, 5) is 11.6. The number of carbonyl (C=O) groups is 1. The van der Waals surface area contributed by atoms with E-state index in [0.29, 0.717) is 12.2 Å². The highest BCUT2D eigenvalue weighted by molar-refractivity contribution is 9.10. The van der Waals surface area contributed by atoms with E-state index >= 15 is 0 Å². The summed E-state index contributed by atoms with van der Waals surface area (Å²) >= 11 is 3.22. The quantitative estimate of drug-likeness (QED) is 0.741. The molecular formula is C12H10BrFO2. The van der Waals surface area contributed by atoms with Crippen molar-refractivity contribution in [3.63, 3.8) is 0 Å². The van der Waals surface area contributed by atoms with Crippen molar-refractivity contribution in [3.05, 3.63) is 34.1 Å². The molecule has 0 radical (unpaired) electrons. The van der Waals surface area contributed by atoms with Crippen LogP contribution >= 0.6 is 15.9 Å². The maximum atomic E-state index is 13.7. The van der Waals surface area contributed by atoms with Crippen LogP contribution in [0.3, 0.4) is 0 Å². The number of rotatable bonds is 1. The number of hydrogen-bond donors (Lipinski definition) is 0. The van der Waals surface area contributed by atoms with E-state index in [1.165, 1.54) is 6.07 Å². The standard InChI is InChI=1S/C12H10BrFO2/c13-7-1-2-8(10(14)5-7)9-6-12(9)3-4-16-11(12)15/h1-2,5,9H,3-4,6H2/t9-,12+/m1/s1. The van der Waals surface area contributed by atoms with Gasteiger partial charge in [-0.15, -0.1) is 0 Å². The third kappa shape index (κ3) is 1.32. The Hall–Kier alpha value is -0.900. The predicted molar refractivity (Wildman–Crippen MR) is 59.5 cm³/mol. The zero-order chi connectivity index (χ0) is 11.3. The third-order valence-corrected chi connectivity index (χ3v) is 4.09. The molecule has 1 spiro atoms. The molecule has 1 aliphatic heterocycles. The normalized spacial score (nSPS) is 31.9. The van der Waals surface area contributed by atoms with Crippen molar-refractivity contribution in [2.75, 3.05) is 6.61 Å². The first-order valence-electron chi connectivity index (χ1n) is 5.26. The van der Waals surface area contributed by atoms with Gasteiger partial charge in [-0.25, -0.2) is 4.39 Å². The Morgan fingerprint density at radius 2 is 2.31 bits per heavy atom. The molecule has 3 rings (SSSR count). The fraction of sp³-hybridized carbons (Fsp3) is 0.417. The SMILES string of the molecule is O=C1OCC[C@@]12C[C@@H]2c1ccc(Br)cc1F. The van der Waals surface area contributed by atoms with Gasteiger partial charge in [-0.05, 0) is 30.5 Å². The minimum absolute atomic E-state index is 0.00981. The summed E-state index contributed by atoms with van der Waals surface area (Å²) in [7, 11) is 0. The smallest absolute Gasteiger partial charge is 0.312 e. The average Bonchev–Trinajstić information content (AvgIpc) is 2.82. The van der Waals surface area contributed by atoms with Crippen LogP contribution in [0.2, 0.25) is 0 Å². The molecule has 2 aliphatic rings. The fourth-order valence-electron chi connectivity index (χ4n) is 2.57. The van der Waals surface area contributed by atoms with Gasteiger partial charge in [0.15, 0.2) is 0 Å². The molecular weight excluding hydrogens is 275 g/mol. The second-order valence-corrected chi connectivity index (χ2v) is 5.38. The van der Waals surface area contributed by atoms with Gasteiger partial charge in [0, 0.05) is 10.4 Å². The molecule has 1 saturated heterocycles. The van der Waals surface area contributed by atoms with Gasteiger partial charge in [0.1, 0.15) is 5.82 Å². The summed E-state index contributed by atoms with van der Waals surface area (Å²) in [6, 6.07) is 5.01. The highest BCUT2D eigenvalue weighted by Crippen LogP contribution is 2.64.